The molecule has 2 fully saturated rings. The second kappa shape index (κ2) is 5.46. The van der Waals surface area contributed by atoms with Gasteiger partial charge in [0, 0.05) is 19.6 Å². The molecule has 2 saturated heterocycles. The van der Waals surface area contributed by atoms with Crippen molar-refractivity contribution in [2.75, 3.05) is 39.8 Å². The van der Waals surface area contributed by atoms with Crippen molar-refractivity contribution in [3.05, 3.63) is 0 Å². The van der Waals surface area contributed by atoms with E-state index >= 15 is 0 Å². The highest BCUT2D eigenvalue weighted by molar-refractivity contribution is 6.06. The van der Waals surface area contributed by atoms with Gasteiger partial charge in [-0.25, -0.2) is 4.79 Å². The third kappa shape index (κ3) is 3.06. The van der Waals surface area contributed by atoms with Crippen molar-refractivity contribution in [3.8, 4) is 0 Å². The summed E-state index contributed by atoms with van der Waals surface area (Å²) in [5.74, 6) is 0.563. The number of nitrogens with one attached hydrogen (secondary N) is 2. The summed E-state index contributed by atoms with van der Waals surface area (Å²) in [6.45, 7) is 7.88. The molecule has 1 atom stereocenters. The molecule has 0 aromatic carbocycles. The molecule has 2 rings (SSSR count). The van der Waals surface area contributed by atoms with E-state index in [2.05, 4.69) is 15.5 Å². The standard InChI is InChI=1S/C13H24N4O2/c1-13(2)11(18)17(12(19)15-13)7-6-16-5-4-10(9-16)8-14-3/h10,14H,4-9H2,1-3H3,(H,15,19). The Labute approximate surface area is 114 Å². The molecule has 19 heavy (non-hydrogen) atoms. The number of hydrogen-bond acceptors (Lipinski definition) is 4. The number of carbonyl (C=O) groups excluding carboxylic acids is 2. The van der Waals surface area contributed by atoms with E-state index in [0.717, 1.165) is 26.2 Å². The number of nitrogens with zero attached hydrogens (tertiary/aromatic N) is 2. The molecule has 2 aliphatic rings. The quantitative estimate of drug-likeness (QED) is 0.681. The van der Waals surface area contributed by atoms with Crippen LogP contribution in [0.5, 0.6) is 0 Å². The minimum absolute atomic E-state index is 0.122. The van der Waals surface area contributed by atoms with Gasteiger partial charge in [-0.2, -0.15) is 0 Å². The van der Waals surface area contributed by atoms with Crippen molar-refractivity contribution in [3.63, 3.8) is 0 Å². The summed E-state index contributed by atoms with van der Waals surface area (Å²) in [6, 6.07) is -0.263. The average Bonchev–Trinajstić information content (AvgIpc) is 2.83. The van der Waals surface area contributed by atoms with Crippen molar-refractivity contribution in [1.82, 2.24) is 20.4 Å². The van der Waals surface area contributed by atoms with Crippen LogP contribution < -0.4 is 10.6 Å². The van der Waals surface area contributed by atoms with E-state index in [4.69, 9.17) is 0 Å². The topological polar surface area (TPSA) is 64.7 Å². The lowest BCUT2D eigenvalue weighted by Crippen LogP contribution is -2.41. The Hall–Kier alpha value is -1.14. The summed E-state index contributed by atoms with van der Waals surface area (Å²) in [4.78, 5) is 27.4. The highest BCUT2D eigenvalue weighted by Gasteiger charge is 2.44. The van der Waals surface area contributed by atoms with E-state index in [-0.39, 0.29) is 11.9 Å². The molecule has 0 radical (unpaired) electrons. The van der Waals surface area contributed by atoms with Crippen molar-refractivity contribution < 1.29 is 9.59 Å². The first-order valence-electron chi connectivity index (χ1n) is 6.95. The molecule has 0 aromatic rings. The van der Waals surface area contributed by atoms with Crippen molar-refractivity contribution >= 4 is 11.9 Å². The zero-order valence-electron chi connectivity index (χ0n) is 12.0. The van der Waals surface area contributed by atoms with E-state index < -0.39 is 5.54 Å². The minimum Gasteiger partial charge on any atom is -0.324 e. The highest BCUT2D eigenvalue weighted by Crippen LogP contribution is 2.18. The van der Waals surface area contributed by atoms with Gasteiger partial charge >= 0.3 is 6.03 Å². The summed E-state index contributed by atoms with van der Waals surface area (Å²) >= 11 is 0. The maximum Gasteiger partial charge on any atom is 0.325 e. The summed E-state index contributed by atoms with van der Waals surface area (Å²) < 4.78 is 0. The highest BCUT2D eigenvalue weighted by atomic mass is 16.2. The second-order valence-corrected chi connectivity index (χ2v) is 6.02. The lowest BCUT2D eigenvalue weighted by Gasteiger charge is -2.20. The Bertz CT molecular complexity index is 370. The SMILES string of the molecule is CNCC1CCN(CCN2C(=O)NC(C)(C)C2=O)C1. The fourth-order valence-electron chi connectivity index (χ4n) is 2.83. The van der Waals surface area contributed by atoms with E-state index in [9.17, 15) is 9.59 Å². The summed E-state index contributed by atoms with van der Waals surface area (Å²) in [7, 11) is 1.97. The van der Waals surface area contributed by atoms with E-state index in [0.29, 0.717) is 12.5 Å². The van der Waals surface area contributed by atoms with Crippen molar-refractivity contribution in [2.45, 2.75) is 25.8 Å². The molecule has 6 nitrogen and oxygen atoms in total. The molecule has 0 aliphatic carbocycles. The lowest BCUT2D eigenvalue weighted by molar-refractivity contribution is -0.130. The van der Waals surface area contributed by atoms with Crippen molar-refractivity contribution in [2.24, 2.45) is 5.92 Å². The van der Waals surface area contributed by atoms with Gasteiger partial charge in [0.05, 0.1) is 0 Å². The van der Waals surface area contributed by atoms with Crippen LogP contribution in [0.25, 0.3) is 0 Å². The van der Waals surface area contributed by atoms with Crippen molar-refractivity contribution in [1.29, 1.82) is 0 Å². The van der Waals surface area contributed by atoms with Gasteiger partial charge in [0.15, 0.2) is 0 Å². The normalized spacial score (nSPS) is 27.1. The predicted molar refractivity (Wildman–Crippen MR) is 72.8 cm³/mol. The van der Waals surface area contributed by atoms with Gasteiger partial charge in [0.2, 0.25) is 0 Å². The van der Waals surface area contributed by atoms with E-state index in [1.54, 1.807) is 13.8 Å². The van der Waals surface area contributed by atoms with Crippen LogP contribution in [-0.2, 0) is 4.79 Å². The lowest BCUT2D eigenvalue weighted by atomic mass is 10.1. The molecule has 6 heteroatoms. The molecule has 0 bridgehead atoms. The van der Waals surface area contributed by atoms with Crippen LogP contribution in [0.15, 0.2) is 0 Å². The number of carbonyl (C=O) groups is 2. The molecular formula is C13H24N4O2. The number of amides is 3. The van der Waals surface area contributed by atoms with Gasteiger partial charge in [0.1, 0.15) is 5.54 Å². The third-order valence-corrected chi connectivity index (χ3v) is 3.95. The first-order valence-corrected chi connectivity index (χ1v) is 6.95. The van der Waals surface area contributed by atoms with E-state index in [1.165, 1.54) is 11.3 Å². The fraction of sp³-hybridized carbons (Fsp3) is 0.846. The fourth-order valence-corrected chi connectivity index (χ4v) is 2.83. The van der Waals surface area contributed by atoms with Gasteiger partial charge < -0.3 is 15.5 Å². The third-order valence-electron chi connectivity index (χ3n) is 3.95. The Morgan fingerprint density at radius 1 is 1.37 bits per heavy atom. The second-order valence-electron chi connectivity index (χ2n) is 6.02. The summed E-state index contributed by atoms with van der Waals surface area (Å²) in [5, 5.41) is 5.90. The average molecular weight is 268 g/mol. The minimum atomic E-state index is -0.753. The van der Waals surface area contributed by atoms with Crippen LogP contribution in [0, 0.1) is 5.92 Å². The number of rotatable bonds is 5. The van der Waals surface area contributed by atoms with Crippen LogP contribution >= 0.6 is 0 Å². The van der Waals surface area contributed by atoms with Gasteiger partial charge in [-0.1, -0.05) is 0 Å². The first-order chi connectivity index (χ1) is 8.94. The van der Waals surface area contributed by atoms with Gasteiger partial charge in [-0.05, 0) is 46.3 Å². The van der Waals surface area contributed by atoms with Crippen LogP contribution in [0.3, 0.4) is 0 Å². The Kier molecular flexibility index (Phi) is 4.10. The monoisotopic (exact) mass is 268 g/mol. The molecular weight excluding hydrogens is 244 g/mol. The molecule has 0 saturated carbocycles. The molecule has 2 heterocycles. The summed E-state index contributed by atoms with van der Waals surface area (Å²) in [5.41, 5.74) is -0.753. The molecule has 2 aliphatic heterocycles. The Morgan fingerprint density at radius 2 is 2.11 bits per heavy atom. The molecule has 3 amide bonds. The number of urea groups is 1. The number of likely N-dealkylation sites (tertiary alicyclic amines) is 1. The molecule has 0 aromatic heterocycles. The van der Waals surface area contributed by atoms with Gasteiger partial charge in [-0.3, -0.25) is 9.69 Å². The van der Waals surface area contributed by atoms with Gasteiger partial charge in [-0.15, -0.1) is 0 Å². The zero-order valence-corrected chi connectivity index (χ0v) is 12.0. The number of hydrogen-bond donors (Lipinski definition) is 2. The van der Waals surface area contributed by atoms with Crippen LogP contribution in [0.2, 0.25) is 0 Å². The Balaban J connectivity index is 1.80. The van der Waals surface area contributed by atoms with Crippen LogP contribution in [0.4, 0.5) is 4.79 Å². The molecule has 108 valence electrons. The number of imide groups is 1. The summed E-state index contributed by atoms with van der Waals surface area (Å²) in [6.07, 6.45) is 1.19. The first kappa shape index (κ1) is 14.3. The van der Waals surface area contributed by atoms with E-state index in [1.807, 2.05) is 7.05 Å². The smallest absolute Gasteiger partial charge is 0.324 e. The molecule has 0 spiro atoms. The Morgan fingerprint density at radius 3 is 2.68 bits per heavy atom. The van der Waals surface area contributed by atoms with Crippen LogP contribution in [0.1, 0.15) is 20.3 Å². The largest absolute Gasteiger partial charge is 0.325 e. The predicted octanol–water partition coefficient (Wildman–Crippen LogP) is -0.142. The van der Waals surface area contributed by atoms with Crippen LogP contribution in [-0.4, -0.2) is 67.0 Å². The van der Waals surface area contributed by atoms with Gasteiger partial charge in [0.25, 0.3) is 5.91 Å². The molecule has 2 N–H and O–H groups in total. The molecule has 1 unspecified atom stereocenters. The zero-order chi connectivity index (χ0) is 14.0. The maximum atomic E-state index is 12.0. The maximum absolute atomic E-state index is 12.0.